The summed E-state index contributed by atoms with van der Waals surface area (Å²) < 4.78 is 0. The Morgan fingerprint density at radius 3 is 2.67 bits per heavy atom. The first kappa shape index (κ1) is 11.2. The Labute approximate surface area is 72.7 Å². The smallest absolute Gasteiger partial charge is 0.336 e. The highest BCUT2D eigenvalue weighted by atomic mass is 16.4. The van der Waals surface area contributed by atoms with E-state index >= 15 is 0 Å². The topological polar surface area (TPSA) is 57.5 Å². The van der Waals surface area contributed by atoms with Crippen molar-refractivity contribution in [3.8, 4) is 0 Å². The number of carbonyl (C=O) groups is 1. The van der Waals surface area contributed by atoms with Gasteiger partial charge in [0.25, 0.3) is 0 Å². The SMILES string of the molecule is CCCCCC=CC(O)C(=O)O. The second-order valence-electron chi connectivity index (χ2n) is 2.71. The molecule has 0 saturated carbocycles. The number of aliphatic carboxylic acids is 1. The van der Waals surface area contributed by atoms with E-state index < -0.39 is 12.1 Å². The molecule has 0 aliphatic heterocycles. The van der Waals surface area contributed by atoms with E-state index in [2.05, 4.69) is 6.92 Å². The molecule has 0 radical (unpaired) electrons. The summed E-state index contributed by atoms with van der Waals surface area (Å²) >= 11 is 0. The van der Waals surface area contributed by atoms with Crippen molar-refractivity contribution in [3.05, 3.63) is 12.2 Å². The summed E-state index contributed by atoms with van der Waals surface area (Å²) in [6.07, 6.45) is 5.89. The van der Waals surface area contributed by atoms with Crippen molar-refractivity contribution >= 4 is 5.97 Å². The van der Waals surface area contributed by atoms with E-state index in [1.54, 1.807) is 6.08 Å². The number of hydrogen-bond acceptors (Lipinski definition) is 2. The quantitative estimate of drug-likeness (QED) is 0.472. The van der Waals surface area contributed by atoms with Crippen LogP contribution in [-0.4, -0.2) is 22.3 Å². The number of rotatable bonds is 6. The molecular weight excluding hydrogens is 156 g/mol. The monoisotopic (exact) mass is 172 g/mol. The fraction of sp³-hybridized carbons (Fsp3) is 0.667. The van der Waals surface area contributed by atoms with Crippen molar-refractivity contribution < 1.29 is 15.0 Å². The molecule has 3 nitrogen and oxygen atoms in total. The predicted molar refractivity (Wildman–Crippen MR) is 46.9 cm³/mol. The van der Waals surface area contributed by atoms with Crippen molar-refractivity contribution in [2.75, 3.05) is 0 Å². The second kappa shape index (κ2) is 6.85. The molecular formula is C9H16O3. The fourth-order valence-corrected chi connectivity index (χ4v) is 0.820. The summed E-state index contributed by atoms with van der Waals surface area (Å²) in [4.78, 5) is 10.1. The number of unbranched alkanes of at least 4 members (excludes halogenated alkanes) is 3. The molecule has 1 atom stereocenters. The average Bonchev–Trinajstić information content (AvgIpc) is 2.03. The fourth-order valence-electron chi connectivity index (χ4n) is 0.820. The van der Waals surface area contributed by atoms with Gasteiger partial charge in [0, 0.05) is 0 Å². The molecule has 0 fully saturated rings. The van der Waals surface area contributed by atoms with E-state index in [0.29, 0.717) is 0 Å². The third kappa shape index (κ3) is 5.92. The molecule has 0 amide bonds. The first-order valence-corrected chi connectivity index (χ1v) is 4.26. The Hall–Kier alpha value is -0.830. The third-order valence-electron chi connectivity index (χ3n) is 1.55. The van der Waals surface area contributed by atoms with Gasteiger partial charge in [-0.25, -0.2) is 4.79 Å². The molecule has 3 heteroatoms. The van der Waals surface area contributed by atoms with E-state index in [1.807, 2.05) is 0 Å². The number of allylic oxidation sites excluding steroid dienone is 1. The highest BCUT2D eigenvalue weighted by Gasteiger charge is 2.06. The number of aliphatic hydroxyl groups excluding tert-OH is 1. The highest BCUT2D eigenvalue weighted by Crippen LogP contribution is 2.00. The molecule has 0 saturated heterocycles. The van der Waals surface area contributed by atoms with Gasteiger partial charge in [0.1, 0.15) is 0 Å². The van der Waals surface area contributed by atoms with Crippen LogP contribution in [0.3, 0.4) is 0 Å². The minimum Gasteiger partial charge on any atom is -0.479 e. The molecule has 0 aromatic carbocycles. The molecule has 1 unspecified atom stereocenters. The van der Waals surface area contributed by atoms with Crippen LogP contribution in [-0.2, 0) is 4.79 Å². The predicted octanol–water partition coefficient (Wildman–Crippen LogP) is 1.57. The van der Waals surface area contributed by atoms with E-state index in [9.17, 15) is 4.79 Å². The zero-order valence-electron chi connectivity index (χ0n) is 7.36. The normalized spacial score (nSPS) is 13.5. The van der Waals surface area contributed by atoms with E-state index in [-0.39, 0.29) is 0 Å². The number of carboxylic acid groups (broad SMARTS) is 1. The molecule has 0 aromatic heterocycles. The summed E-state index contributed by atoms with van der Waals surface area (Å²) in [6, 6.07) is 0. The lowest BCUT2D eigenvalue weighted by Crippen LogP contribution is -2.15. The summed E-state index contributed by atoms with van der Waals surface area (Å²) in [5.41, 5.74) is 0. The lowest BCUT2D eigenvalue weighted by molar-refractivity contribution is -0.144. The summed E-state index contributed by atoms with van der Waals surface area (Å²) in [6.45, 7) is 2.11. The molecule has 0 heterocycles. The Morgan fingerprint density at radius 2 is 2.17 bits per heavy atom. The van der Waals surface area contributed by atoms with Gasteiger partial charge < -0.3 is 10.2 Å². The van der Waals surface area contributed by atoms with E-state index in [4.69, 9.17) is 10.2 Å². The van der Waals surface area contributed by atoms with E-state index in [1.165, 1.54) is 6.08 Å². The van der Waals surface area contributed by atoms with Gasteiger partial charge in [0.2, 0.25) is 0 Å². The molecule has 0 aliphatic carbocycles. The maximum atomic E-state index is 10.1. The van der Waals surface area contributed by atoms with Crippen LogP contribution in [0.5, 0.6) is 0 Å². The first-order chi connectivity index (χ1) is 5.68. The Morgan fingerprint density at radius 1 is 1.50 bits per heavy atom. The van der Waals surface area contributed by atoms with Crippen LogP contribution in [0.15, 0.2) is 12.2 Å². The van der Waals surface area contributed by atoms with Gasteiger partial charge in [-0.1, -0.05) is 25.8 Å². The van der Waals surface area contributed by atoms with Crippen molar-refractivity contribution in [2.45, 2.75) is 38.7 Å². The molecule has 0 rings (SSSR count). The largest absolute Gasteiger partial charge is 0.479 e. The van der Waals surface area contributed by atoms with Gasteiger partial charge in [0.05, 0.1) is 0 Å². The van der Waals surface area contributed by atoms with Gasteiger partial charge in [-0.2, -0.15) is 0 Å². The second-order valence-corrected chi connectivity index (χ2v) is 2.71. The molecule has 12 heavy (non-hydrogen) atoms. The molecule has 0 bridgehead atoms. The van der Waals surface area contributed by atoms with Gasteiger partial charge in [-0.3, -0.25) is 0 Å². The zero-order chi connectivity index (χ0) is 9.40. The number of aliphatic hydroxyl groups is 1. The minimum absolute atomic E-state index is 0.845. The minimum atomic E-state index is -1.34. The van der Waals surface area contributed by atoms with Gasteiger partial charge >= 0.3 is 5.97 Å². The average molecular weight is 172 g/mol. The van der Waals surface area contributed by atoms with Crippen LogP contribution in [0.4, 0.5) is 0 Å². The number of carboxylic acids is 1. The van der Waals surface area contributed by atoms with E-state index in [0.717, 1.165) is 25.7 Å². The van der Waals surface area contributed by atoms with Gasteiger partial charge in [-0.15, -0.1) is 0 Å². The van der Waals surface area contributed by atoms with Crippen LogP contribution in [0, 0.1) is 0 Å². The van der Waals surface area contributed by atoms with Crippen molar-refractivity contribution in [3.63, 3.8) is 0 Å². The first-order valence-electron chi connectivity index (χ1n) is 4.26. The lowest BCUT2D eigenvalue weighted by atomic mass is 10.2. The lowest BCUT2D eigenvalue weighted by Gasteiger charge is -1.96. The summed E-state index contributed by atoms with van der Waals surface area (Å²) in [7, 11) is 0. The van der Waals surface area contributed by atoms with Crippen LogP contribution >= 0.6 is 0 Å². The molecule has 0 spiro atoms. The van der Waals surface area contributed by atoms with Crippen LogP contribution in [0.25, 0.3) is 0 Å². The van der Waals surface area contributed by atoms with Crippen LogP contribution in [0.1, 0.15) is 32.6 Å². The third-order valence-corrected chi connectivity index (χ3v) is 1.55. The Balaban J connectivity index is 3.41. The van der Waals surface area contributed by atoms with Crippen molar-refractivity contribution in [1.29, 1.82) is 0 Å². The Bertz CT molecular complexity index is 152. The Kier molecular flexibility index (Phi) is 6.38. The molecule has 70 valence electrons. The molecule has 0 aromatic rings. The van der Waals surface area contributed by atoms with Crippen molar-refractivity contribution in [1.82, 2.24) is 0 Å². The highest BCUT2D eigenvalue weighted by molar-refractivity contribution is 5.74. The van der Waals surface area contributed by atoms with Crippen LogP contribution in [0.2, 0.25) is 0 Å². The maximum absolute atomic E-state index is 10.1. The summed E-state index contributed by atoms with van der Waals surface area (Å²) in [5, 5.41) is 17.1. The van der Waals surface area contributed by atoms with Gasteiger partial charge in [-0.05, 0) is 18.9 Å². The number of hydrogen-bond donors (Lipinski definition) is 2. The van der Waals surface area contributed by atoms with Gasteiger partial charge in [0.15, 0.2) is 6.10 Å². The molecule has 0 aliphatic rings. The maximum Gasteiger partial charge on any atom is 0.336 e. The van der Waals surface area contributed by atoms with Crippen molar-refractivity contribution in [2.24, 2.45) is 0 Å². The summed E-state index contributed by atoms with van der Waals surface area (Å²) in [5.74, 6) is -1.19. The standard InChI is InChI=1S/C9H16O3/c1-2-3-4-5-6-7-8(10)9(11)12/h6-8,10H,2-5H2,1H3,(H,11,12). The van der Waals surface area contributed by atoms with Crippen LogP contribution < -0.4 is 0 Å². The molecule has 2 N–H and O–H groups in total. The zero-order valence-corrected chi connectivity index (χ0v) is 7.36.